The van der Waals surface area contributed by atoms with Crippen LogP contribution < -0.4 is 5.32 Å². The van der Waals surface area contributed by atoms with Gasteiger partial charge in [0.25, 0.3) is 0 Å². The summed E-state index contributed by atoms with van der Waals surface area (Å²) >= 11 is 0. The maximum Gasteiger partial charge on any atom is 0.115 e. The van der Waals surface area contributed by atoms with Crippen molar-refractivity contribution < 1.29 is 9.47 Å². The van der Waals surface area contributed by atoms with E-state index >= 15 is 0 Å². The zero-order valence-corrected chi connectivity index (χ0v) is 10.3. The van der Waals surface area contributed by atoms with Gasteiger partial charge in [0.1, 0.15) is 6.33 Å². The predicted molar refractivity (Wildman–Crippen MR) is 63.5 cm³/mol. The van der Waals surface area contributed by atoms with Gasteiger partial charge in [-0.1, -0.05) is 0 Å². The van der Waals surface area contributed by atoms with E-state index < -0.39 is 0 Å². The number of hydrogen-bond acceptors (Lipinski definition) is 5. The summed E-state index contributed by atoms with van der Waals surface area (Å²) in [6.45, 7) is 3.49. The van der Waals surface area contributed by atoms with Gasteiger partial charge >= 0.3 is 0 Å². The molecule has 0 aromatic carbocycles. The van der Waals surface area contributed by atoms with Crippen LogP contribution in [-0.2, 0) is 16.0 Å². The lowest BCUT2D eigenvalue weighted by molar-refractivity contribution is -0.131. The van der Waals surface area contributed by atoms with E-state index in [2.05, 4.69) is 15.3 Å². The first-order valence-electron chi connectivity index (χ1n) is 5.97. The van der Waals surface area contributed by atoms with Crippen molar-refractivity contribution in [3.63, 3.8) is 0 Å². The average molecular weight is 237 g/mol. The van der Waals surface area contributed by atoms with Crippen LogP contribution in [0.1, 0.15) is 19.0 Å². The van der Waals surface area contributed by atoms with E-state index in [9.17, 15) is 0 Å². The highest BCUT2D eigenvalue weighted by molar-refractivity contribution is 5.01. The highest BCUT2D eigenvalue weighted by Gasteiger charge is 2.41. The minimum Gasteiger partial charge on any atom is -0.377 e. The summed E-state index contributed by atoms with van der Waals surface area (Å²) in [5.41, 5.74) is 0.995. The number of ether oxygens (including phenoxy) is 2. The maximum atomic E-state index is 5.57. The third kappa shape index (κ3) is 3.00. The minimum atomic E-state index is 0.150. The smallest absolute Gasteiger partial charge is 0.115 e. The van der Waals surface area contributed by atoms with Crippen LogP contribution in [0.25, 0.3) is 0 Å². The van der Waals surface area contributed by atoms with Crippen LogP contribution in [0.15, 0.2) is 18.6 Å². The molecular formula is C12H19N3O2. The monoisotopic (exact) mass is 237 g/mol. The molecule has 3 atom stereocenters. The molecule has 1 fully saturated rings. The van der Waals surface area contributed by atoms with Gasteiger partial charge in [0.2, 0.25) is 0 Å². The van der Waals surface area contributed by atoms with Gasteiger partial charge in [0.05, 0.1) is 17.9 Å². The summed E-state index contributed by atoms with van der Waals surface area (Å²) in [4.78, 5) is 8.06. The molecule has 0 radical (unpaired) electrons. The Morgan fingerprint density at radius 3 is 3.06 bits per heavy atom. The zero-order valence-electron chi connectivity index (χ0n) is 10.3. The normalized spacial score (nSPS) is 27.8. The van der Waals surface area contributed by atoms with Crippen LogP contribution in [0.4, 0.5) is 0 Å². The largest absolute Gasteiger partial charge is 0.377 e. The second-order valence-corrected chi connectivity index (χ2v) is 4.12. The second-order valence-electron chi connectivity index (χ2n) is 4.12. The summed E-state index contributed by atoms with van der Waals surface area (Å²) < 4.78 is 11.0. The molecule has 5 heteroatoms. The van der Waals surface area contributed by atoms with E-state index in [4.69, 9.17) is 9.47 Å². The van der Waals surface area contributed by atoms with Gasteiger partial charge in [-0.25, -0.2) is 9.97 Å². The molecule has 5 nitrogen and oxygen atoms in total. The van der Waals surface area contributed by atoms with Crippen LogP contribution >= 0.6 is 0 Å². The zero-order chi connectivity index (χ0) is 12.1. The van der Waals surface area contributed by atoms with Crippen molar-refractivity contribution in [1.29, 1.82) is 0 Å². The Hall–Kier alpha value is -1.04. The molecule has 1 N–H and O–H groups in total. The first-order chi connectivity index (χ1) is 8.35. The molecule has 1 aliphatic rings. The summed E-state index contributed by atoms with van der Waals surface area (Å²) in [6.07, 6.45) is 4.69. The maximum absolute atomic E-state index is 5.57. The molecule has 94 valence electrons. The third-order valence-corrected chi connectivity index (χ3v) is 3.09. The number of nitrogens with zero attached hydrogens (tertiary/aromatic N) is 2. The lowest BCUT2D eigenvalue weighted by atomic mass is 9.85. The number of rotatable bonds is 6. The standard InChI is InChI=1S/C12H19N3O2/c1-3-17-11-6-10(12(11)16-2)14-7-9-4-5-13-8-15-9/h4-5,8,10-12,14H,3,6-7H2,1-2H3. The number of nitrogens with one attached hydrogen (secondary N) is 1. The van der Waals surface area contributed by atoms with Gasteiger partial charge in [0, 0.05) is 32.5 Å². The molecule has 1 aromatic rings. The lowest BCUT2D eigenvalue weighted by Crippen LogP contribution is -2.59. The van der Waals surface area contributed by atoms with Crippen LogP contribution in [0.5, 0.6) is 0 Å². The Bertz CT molecular complexity index is 334. The van der Waals surface area contributed by atoms with Crippen molar-refractivity contribution in [3.05, 3.63) is 24.3 Å². The van der Waals surface area contributed by atoms with E-state index in [0.717, 1.165) is 25.3 Å². The average Bonchev–Trinajstić information content (AvgIpc) is 2.34. The summed E-state index contributed by atoms with van der Waals surface area (Å²) in [5, 5.41) is 3.43. The van der Waals surface area contributed by atoms with Crippen LogP contribution in [0, 0.1) is 0 Å². The molecule has 0 spiro atoms. The minimum absolute atomic E-state index is 0.150. The molecular weight excluding hydrogens is 218 g/mol. The predicted octanol–water partition coefficient (Wildman–Crippen LogP) is 0.759. The molecule has 1 heterocycles. The van der Waals surface area contributed by atoms with Crippen LogP contribution in [-0.4, -0.2) is 41.9 Å². The van der Waals surface area contributed by atoms with Gasteiger partial charge in [-0.2, -0.15) is 0 Å². The molecule has 0 bridgehead atoms. The molecule has 1 aliphatic carbocycles. The fourth-order valence-corrected chi connectivity index (χ4v) is 2.13. The van der Waals surface area contributed by atoms with E-state index in [1.807, 2.05) is 13.0 Å². The molecule has 2 rings (SSSR count). The van der Waals surface area contributed by atoms with Gasteiger partial charge in [-0.15, -0.1) is 0 Å². The summed E-state index contributed by atoms with van der Waals surface area (Å²) in [7, 11) is 1.73. The number of hydrogen-bond donors (Lipinski definition) is 1. The van der Waals surface area contributed by atoms with E-state index in [1.54, 1.807) is 19.6 Å². The van der Waals surface area contributed by atoms with Gasteiger partial charge in [0.15, 0.2) is 0 Å². The molecule has 1 saturated carbocycles. The van der Waals surface area contributed by atoms with E-state index in [-0.39, 0.29) is 12.2 Å². The van der Waals surface area contributed by atoms with Crippen molar-refractivity contribution in [2.24, 2.45) is 0 Å². The van der Waals surface area contributed by atoms with Crippen molar-refractivity contribution in [3.8, 4) is 0 Å². The Balaban J connectivity index is 1.77. The van der Waals surface area contributed by atoms with Gasteiger partial charge < -0.3 is 14.8 Å². The number of aromatic nitrogens is 2. The van der Waals surface area contributed by atoms with Crippen molar-refractivity contribution in [1.82, 2.24) is 15.3 Å². The quantitative estimate of drug-likeness (QED) is 0.791. The SMILES string of the molecule is CCOC1CC(NCc2ccncn2)C1OC. The lowest BCUT2D eigenvalue weighted by Gasteiger charge is -2.43. The fourth-order valence-electron chi connectivity index (χ4n) is 2.13. The first kappa shape index (κ1) is 12.4. The number of methoxy groups -OCH3 is 1. The highest BCUT2D eigenvalue weighted by Crippen LogP contribution is 2.26. The Morgan fingerprint density at radius 1 is 1.53 bits per heavy atom. The molecule has 0 amide bonds. The van der Waals surface area contributed by atoms with Crippen LogP contribution in [0.2, 0.25) is 0 Å². The fraction of sp³-hybridized carbons (Fsp3) is 0.667. The molecule has 3 unspecified atom stereocenters. The van der Waals surface area contributed by atoms with Gasteiger partial charge in [-0.3, -0.25) is 0 Å². The summed E-state index contributed by atoms with van der Waals surface area (Å²) in [6, 6.07) is 2.26. The third-order valence-electron chi connectivity index (χ3n) is 3.09. The molecule has 1 aromatic heterocycles. The molecule has 0 aliphatic heterocycles. The second kappa shape index (κ2) is 6.05. The first-order valence-corrected chi connectivity index (χ1v) is 5.97. The van der Waals surface area contributed by atoms with Crippen molar-refractivity contribution in [2.45, 2.75) is 38.1 Å². The topological polar surface area (TPSA) is 56.3 Å². The Kier molecular flexibility index (Phi) is 4.42. The summed E-state index contributed by atoms with van der Waals surface area (Å²) in [5.74, 6) is 0. The molecule has 17 heavy (non-hydrogen) atoms. The van der Waals surface area contributed by atoms with E-state index in [1.165, 1.54) is 0 Å². The van der Waals surface area contributed by atoms with Crippen molar-refractivity contribution >= 4 is 0 Å². The van der Waals surface area contributed by atoms with Gasteiger partial charge in [-0.05, 0) is 19.4 Å². The Morgan fingerprint density at radius 2 is 2.41 bits per heavy atom. The Labute approximate surface area is 102 Å². The van der Waals surface area contributed by atoms with Crippen LogP contribution in [0.3, 0.4) is 0 Å². The molecule has 0 saturated heterocycles. The van der Waals surface area contributed by atoms with E-state index in [0.29, 0.717) is 6.04 Å². The highest BCUT2D eigenvalue weighted by atomic mass is 16.5. The van der Waals surface area contributed by atoms with Crippen molar-refractivity contribution in [2.75, 3.05) is 13.7 Å².